The number of halogens is 2. The van der Waals surface area contributed by atoms with Gasteiger partial charge >= 0.3 is 0 Å². The number of nitrogens with zero attached hydrogens (tertiary/aromatic N) is 4. The Bertz CT molecular complexity index is 1270. The zero-order valence-corrected chi connectivity index (χ0v) is 19.3. The normalized spacial score (nSPS) is 15.4. The molecule has 2 aromatic heterocycles. The Balaban J connectivity index is 1.46. The number of carbonyl (C=O) groups is 2. The standard InChI is InChI=1S/C25H23ClFN5O2/c1-17(33)31-11-5-8-20(15-31)16-32-23(21(26)14-29-32)25(34)30-24-22(27)12-19(13-28-24)10-9-18-6-3-2-4-7-18/h2-4,6-7,12-14,20H,5,8,11,15-16H2,1H3,(H,28,30,34)/t20-/m0/s1. The van der Waals surface area contributed by atoms with Crippen molar-refractivity contribution < 1.29 is 14.0 Å². The fourth-order valence-electron chi connectivity index (χ4n) is 3.90. The van der Waals surface area contributed by atoms with Crippen molar-refractivity contribution in [2.45, 2.75) is 26.3 Å². The molecule has 1 fully saturated rings. The summed E-state index contributed by atoms with van der Waals surface area (Å²) in [5.41, 5.74) is 1.30. The van der Waals surface area contributed by atoms with E-state index in [1.54, 1.807) is 11.8 Å². The molecule has 0 bridgehead atoms. The van der Waals surface area contributed by atoms with Gasteiger partial charge in [0.25, 0.3) is 5.91 Å². The second-order valence-corrected chi connectivity index (χ2v) is 8.53. The zero-order valence-electron chi connectivity index (χ0n) is 18.6. The quantitative estimate of drug-likeness (QED) is 0.574. The van der Waals surface area contributed by atoms with Gasteiger partial charge in [-0.05, 0) is 37.0 Å². The molecule has 1 aliphatic rings. The van der Waals surface area contributed by atoms with E-state index in [4.69, 9.17) is 11.6 Å². The maximum Gasteiger partial charge on any atom is 0.276 e. The maximum atomic E-state index is 14.6. The summed E-state index contributed by atoms with van der Waals surface area (Å²) in [5.74, 6) is 4.41. The Hall–Kier alpha value is -3.70. The number of nitrogens with one attached hydrogen (secondary N) is 1. The van der Waals surface area contributed by atoms with Crippen molar-refractivity contribution in [3.8, 4) is 11.8 Å². The van der Waals surface area contributed by atoms with Gasteiger partial charge in [-0.25, -0.2) is 9.37 Å². The highest BCUT2D eigenvalue weighted by Gasteiger charge is 2.25. The van der Waals surface area contributed by atoms with Crippen LogP contribution in [0.1, 0.15) is 41.4 Å². The Morgan fingerprint density at radius 3 is 2.71 bits per heavy atom. The summed E-state index contributed by atoms with van der Waals surface area (Å²) in [6.45, 7) is 3.29. The van der Waals surface area contributed by atoms with Gasteiger partial charge in [0.1, 0.15) is 5.69 Å². The molecule has 1 atom stereocenters. The summed E-state index contributed by atoms with van der Waals surface area (Å²) >= 11 is 6.23. The number of carbonyl (C=O) groups excluding carboxylic acids is 2. The summed E-state index contributed by atoms with van der Waals surface area (Å²) in [6, 6.07) is 10.5. The van der Waals surface area contributed by atoms with Crippen LogP contribution in [0.25, 0.3) is 0 Å². The molecule has 174 valence electrons. The number of likely N-dealkylation sites (tertiary alicyclic amines) is 1. The largest absolute Gasteiger partial charge is 0.343 e. The van der Waals surface area contributed by atoms with Crippen LogP contribution in [0.2, 0.25) is 5.02 Å². The Kier molecular flexibility index (Phi) is 7.24. The van der Waals surface area contributed by atoms with Crippen molar-refractivity contribution in [1.29, 1.82) is 0 Å². The molecule has 0 aliphatic carbocycles. The molecule has 7 nitrogen and oxygen atoms in total. The van der Waals surface area contributed by atoms with E-state index in [2.05, 4.69) is 27.2 Å². The number of piperidine rings is 1. The van der Waals surface area contributed by atoms with Crippen LogP contribution >= 0.6 is 11.6 Å². The lowest BCUT2D eigenvalue weighted by atomic mass is 9.98. The molecule has 4 rings (SSSR count). The topological polar surface area (TPSA) is 80.1 Å². The van der Waals surface area contributed by atoms with Crippen LogP contribution in [0.3, 0.4) is 0 Å². The molecule has 0 spiro atoms. The Morgan fingerprint density at radius 2 is 1.97 bits per heavy atom. The van der Waals surface area contributed by atoms with Crippen molar-refractivity contribution in [3.05, 3.63) is 76.5 Å². The van der Waals surface area contributed by atoms with Gasteiger partial charge < -0.3 is 10.2 Å². The second-order valence-electron chi connectivity index (χ2n) is 8.12. The molecule has 34 heavy (non-hydrogen) atoms. The zero-order chi connectivity index (χ0) is 24.1. The van der Waals surface area contributed by atoms with Crippen molar-refractivity contribution in [1.82, 2.24) is 19.7 Å². The molecule has 1 N–H and O–H groups in total. The van der Waals surface area contributed by atoms with Crippen LogP contribution in [0.4, 0.5) is 10.2 Å². The van der Waals surface area contributed by atoms with Gasteiger partial charge in [0.05, 0.1) is 11.2 Å². The van der Waals surface area contributed by atoms with E-state index in [-0.39, 0.29) is 28.4 Å². The number of hydrogen-bond acceptors (Lipinski definition) is 4. The van der Waals surface area contributed by atoms with E-state index >= 15 is 0 Å². The van der Waals surface area contributed by atoms with Gasteiger partial charge in [-0.15, -0.1) is 0 Å². The van der Waals surface area contributed by atoms with Gasteiger partial charge in [0, 0.05) is 43.9 Å². The number of amides is 2. The molecule has 0 saturated carbocycles. The Labute approximate surface area is 201 Å². The molecular weight excluding hydrogens is 457 g/mol. The maximum absolute atomic E-state index is 14.6. The van der Waals surface area contributed by atoms with E-state index < -0.39 is 11.7 Å². The number of pyridine rings is 1. The van der Waals surface area contributed by atoms with Crippen LogP contribution in [-0.4, -0.2) is 44.6 Å². The minimum atomic E-state index is -0.709. The highest BCUT2D eigenvalue weighted by atomic mass is 35.5. The number of benzene rings is 1. The third-order valence-electron chi connectivity index (χ3n) is 5.60. The van der Waals surface area contributed by atoms with Gasteiger partial charge in [-0.1, -0.05) is 41.6 Å². The van der Waals surface area contributed by atoms with Gasteiger partial charge in [-0.2, -0.15) is 5.10 Å². The van der Waals surface area contributed by atoms with Gasteiger partial charge in [0.2, 0.25) is 5.91 Å². The van der Waals surface area contributed by atoms with Crippen molar-refractivity contribution in [2.24, 2.45) is 5.92 Å². The van der Waals surface area contributed by atoms with Crippen LogP contribution < -0.4 is 5.32 Å². The molecule has 3 heterocycles. The average Bonchev–Trinajstić information content (AvgIpc) is 3.20. The number of hydrogen-bond donors (Lipinski definition) is 1. The molecule has 1 saturated heterocycles. The van der Waals surface area contributed by atoms with E-state index in [1.165, 1.54) is 23.1 Å². The molecule has 3 aromatic rings. The lowest BCUT2D eigenvalue weighted by Gasteiger charge is -2.32. The van der Waals surface area contributed by atoms with Crippen molar-refractivity contribution in [2.75, 3.05) is 18.4 Å². The fraction of sp³-hybridized carbons (Fsp3) is 0.280. The Morgan fingerprint density at radius 1 is 1.21 bits per heavy atom. The lowest BCUT2D eigenvalue weighted by molar-refractivity contribution is -0.130. The SMILES string of the molecule is CC(=O)N1CCC[C@H](Cn2ncc(Cl)c2C(=O)Nc2ncc(C#Cc3ccccc3)cc2F)C1. The molecular formula is C25H23ClFN5O2. The highest BCUT2D eigenvalue weighted by molar-refractivity contribution is 6.34. The number of aromatic nitrogens is 3. The van der Waals surface area contributed by atoms with Crippen LogP contribution in [-0.2, 0) is 11.3 Å². The van der Waals surface area contributed by atoms with E-state index in [0.29, 0.717) is 18.7 Å². The monoisotopic (exact) mass is 479 g/mol. The third kappa shape index (κ3) is 5.61. The predicted octanol–water partition coefficient (Wildman–Crippen LogP) is 3.98. The first-order valence-electron chi connectivity index (χ1n) is 10.9. The van der Waals surface area contributed by atoms with Crippen molar-refractivity contribution >= 4 is 29.2 Å². The predicted molar refractivity (Wildman–Crippen MR) is 127 cm³/mol. The minimum absolute atomic E-state index is 0.0274. The molecule has 0 unspecified atom stereocenters. The van der Waals surface area contributed by atoms with Crippen molar-refractivity contribution in [3.63, 3.8) is 0 Å². The summed E-state index contributed by atoms with van der Waals surface area (Å²) < 4.78 is 16.1. The van der Waals surface area contributed by atoms with Crippen LogP contribution in [0.15, 0.2) is 48.8 Å². The lowest BCUT2D eigenvalue weighted by Crippen LogP contribution is -2.40. The van der Waals surface area contributed by atoms with Crippen LogP contribution in [0.5, 0.6) is 0 Å². The first kappa shape index (κ1) is 23.5. The summed E-state index contributed by atoms with van der Waals surface area (Å²) in [6.07, 6.45) is 4.57. The highest BCUT2D eigenvalue weighted by Crippen LogP contribution is 2.23. The van der Waals surface area contributed by atoms with Gasteiger partial charge in [-0.3, -0.25) is 14.3 Å². The molecule has 1 aliphatic heterocycles. The number of rotatable bonds is 4. The first-order chi connectivity index (χ1) is 16.4. The summed E-state index contributed by atoms with van der Waals surface area (Å²) in [7, 11) is 0. The first-order valence-corrected chi connectivity index (χ1v) is 11.3. The summed E-state index contributed by atoms with van der Waals surface area (Å²) in [5, 5.41) is 6.85. The molecule has 1 aromatic carbocycles. The molecule has 0 radical (unpaired) electrons. The minimum Gasteiger partial charge on any atom is -0.343 e. The second kappa shape index (κ2) is 10.5. The fourth-order valence-corrected chi connectivity index (χ4v) is 4.13. The van der Waals surface area contributed by atoms with E-state index in [9.17, 15) is 14.0 Å². The summed E-state index contributed by atoms with van der Waals surface area (Å²) in [4.78, 5) is 30.4. The third-order valence-corrected chi connectivity index (χ3v) is 5.88. The number of anilines is 1. The average molecular weight is 480 g/mol. The van der Waals surface area contributed by atoms with E-state index in [1.807, 2.05) is 30.3 Å². The van der Waals surface area contributed by atoms with Crippen LogP contribution in [0, 0.1) is 23.6 Å². The molecule has 9 heteroatoms. The smallest absolute Gasteiger partial charge is 0.276 e. The van der Waals surface area contributed by atoms with E-state index in [0.717, 1.165) is 24.9 Å². The van der Waals surface area contributed by atoms with Gasteiger partial charge in [0.15, 0.2) is 11.6 Å². The molecule has 2 amide bonds.